The quantitative estimate of drug-likeness (QED) is 0.824. The smallest absolute Gasteiger partial charge is 0.330 e. The number of methoxy groups -OCH3 is 1. The van der Waals surface area contributed by atoms with Crippen molar-refractivity contribution in [3.8, 4) is 0 Å². The van der Waals surface area contributed by atoms with E-state index in [1.165, 1.54) is 4.57 Å². The third-order valence-corrected chi connectivity index (χ3v) is 4.19. The van der Waals surface area contributed by atoms with Gasteiger partial charge in [-0.25, -0.2) is 9.78 Å². The first-order valence-corrected chi connectivity index (χ1v) is 7.28. The molecule has 1 aliphatic rings. The van der Waals surface area contributed by atoms with E-state index in [1.54, 1.807) is 7.11 Å². The second kappa shape index (κ2) is 5.53. The van der Waals surface area contributed by atoms with Crippen LogP contribution < -0.4 is 11.2 Å². The molecule has 0 aliphatic heterocycles. The highest BCUT2D eigenvalue weighted by Crippen LogP contribution is 2.34. The minimum absolute atomic E-state index is 0.234. The Balaban J connectivity index is 2.28. The maximum Gasteiger partial charge on any atom is 0.330 e. The van der Waals surface area contributed by atoms with Crippen molar-refractivity contribution in [2.45, 2.75) is 31.7 Å². The number of aromatic nitrogens is 4. The van der Waals surface area contributed by atoms with Crippen molar-refractivity contribution in [2.24, 2.45) is 0 Å². The van der Waals surface area contributed by atoms with Crippen LogP contribution in [0.4, 0.5) is 0 Å². The molecule has 2 N–H and O–H groups in total. The zero-order chi connectivity index (χ0) is 15.0. The summed E-state index contributed by atoms with van der Waals surface area (Å²) in [6.07, 6.45) is 3.27. The molecule has 0 unspecified atom stereocenters. The Morgan fingerprint density at radius 3 is 2.76 bits per heavy atom. The minimum atomic E-state index is -0.502. The highest BCUT2D eigenvalue weighted by Gasteiger charge is 2.23. The number of hydrogen-bond donors (Lipinski definition) is 2. The first-order valence-electron chi connectivity index (χ1n) is 6.88. The zero-order valence-corrected chi connectivity index (χ0v) is 12.5. The van der Waals surface area contributed by atoms with Gasteiger partial charge in [-0.15, -0.1) is 0 Å². The second-order valence-electron chi connectivity index (χ2n) is 5.18. The highest BCUT2D eigenvalue weighted by molar-refractivity contribution is 7.71. The van der Waals surface area contributed by atoms with Crippen molar-refractivity contribution in [2.75, 3.05) is 13.7 Å². The van der Waals surface area contributed by atoms with Gasteiger partial charge in [0.15, 0.2) is 0 Å². The highest BCUT2D eigenvalue weighted by atomic mass is 32.1. The van der Waals surface area contributed by atoms with Gasteiger partial charge in [-0.2, -0.15) is 0 Å². The Bertz CT molecular complexity index is 847. The molecular formula is C13H16N4O3S. The van der Waals surface area contributed by atoms with E-state index in [1.807, 2.05) is 0 Å². The summed E-state index contributed by atoms with van der Waals surface area (Å²) in [5.41, 5.74) is -0.541. The second-order valence-corrected chi connectivity index (χ2v) is 5.57. The lowest BCUT2D eigenvalue weighted by molar-refractivity contribution is 0.187. The lowest BCUT2D eigenvalue weighted by Gasteiger charge is -2.24. The van der Waals surface area contributed by atoms with Crippen molar-refractivity contribution < 1.29 is 4.74 Å². The average Bonchev–Trinajstić information content (AvgIpc) is 2.35. The standard InChI is InChI=1S/C13H16N4O3S/c1-20-6-5-17-10-8(11(18)16-13(17)19)12(21)15-9(14-10)7-3-2-4-7/h7H,2-6H2,1H3,(H,14,15,21)(H,16,18,19). The fourth-order valence-corrected chi connectivity index (χ4v) is 2.77. The van der Waals surface area contributed by atoms with Gasteiger partial charge in [0.05, 0.1) is 13.2 Å². The lowest BCUT2D eigenvalue weighted by atomic mass is 9.85. The lowest BCUT2D eigenvalue weighted by Crippen LogP contribution is -2.32. The van der Waals surface area contributed by atoms with Gasteiger partial charge in [0, 0.05) is 13.0 Å². The number of ether oxygens (including phenoxy) is 1. The first-order chi connectivity index (χ1) is 10.1. The van der Waals surface area contributed by atoms with Crippen LogP contribution in [0.25, 0.3) is 11.0 Å². The van der Waals surface area contributed by atoms with Gasteiger partial charge < -0.3 is 9.72 Å². The number of hydrogen-bond acceptors (Lipinski definition) is 5. The molecule has 2 heterocycles. The Kier molecular flexibility index (Phi) is 3.73. The number of rotatable bonds is 4. The van der Waals surface area contributed by atoms with E-state index < -0.39 is 11.2 Å². The summed E-state index contributed by atoms with van der Waals surface area (Å²) in [6.45, 7) is 0.699. The van der Waals surface area contributed by atoms with Gasteiger partial charge in [0.1, 0.15) is 21.5 Å². The molecule has 0 saturated heterocycles. The number of nitrogens with one attached hydrogen (secondary N) is 2. The van der Waals surface area contributed by atoms with Crippen LogP contribution in [0.1, 0.15) is 31.0 Å². The van der Waals surface area contributed by atoms with Crippen molar-refractivity contribution >= 4 is 23.3 Å². The third-order valence-electron chi connectivity index (χ3n) is 3.89. The van der Waals surface area contributed by atoms with Crippen LogP contribution in [0.5, 0.6) is 0 Å². The van der Waals surface area contributed by atoms with Crippen molar-refractivity contribution in [3.63, 3.8) is 0 Å². The summed E-state index contributed by atoms with van der Waals surface area (Å²) in [4.78, 5) is 33.7. The summed E-state index contributed by atoms with van der Waals surface area (Å²) >= 11 is 5.24. The minimum Gasteiger partial charge on any atom is -0.383 e. The number of H-pyrrole nitrogens is 2. The van der Waals surface area contributed by atoms with E-state index in [0.717, 1.165) is 25.1 Å². The molecule has 8 heteroatoms. The van der Waals surface area contributed by atoms with Crippen LogP contribution in [-0.4, -0.2) is 33.2 Å². The van der Waals surface area contributed by atoms with E-state index in [-0.39, 0.29) is 10.0 Å². The van der Waals surface area contributed by atoms with E-state index in [0.29, 0.717) is 24.7 Å². The summed E-state index contributed by atoms with van der Waals surface area (Å²) in [5.74, 6) is 1.09. The van der Waals surface area contributed by atoms with Crippen molar-refractivity contribution in [1.82, 2.24) is 19.5 Å². The molecule has 0 bridgehead atoms. The molecule has 21 heavy (non-hydrogen) atoms. The fraction of sp³-hybridized carbons (Fsp3) is 0.538. The monoisotopic (exact) mass is 308 g/mol. The van der Waals surface area contributed by atoms with E-state index in [2.05, 4.69) is 15.0 Å². The molecule has 0 spiro atoms. The summed E-state index contributed by atoms with van der Waals surface area (Å²) in [6, 6.07) is 0. The van der Waals surface area contributed by atoms with Crippen LogP contribution in [-0.2, 0) is 11.3 Å². The van der Waals surface area contributed by atoms with Gasteiger partial charge >= 0.3 is 5.69 Å². The van der Waals surface area contributed by atoms with Crippen molar-refractivity contribution in [1.29, 1.82) is 0 Å². The molecule has 0 amide bonds. The van der Waals surface area contributed by atoms with Crippen LogP contribution in [0.15, 0.2) is 9.59 Å². The summed E-state index contributed by atoms with van der Waals surface area (Å²) in [5, 5.41) is 0.253. The average molecular weight is 308 g/mol. The van der Waals surface area contributed by atoms with Crippen LogP contribution in [0, 0.1) is 4.64 Å². The molecule has 1 saturated carbocycles. The van der Waals surface area contributed by atoms with E-state index in [4.69, 9.17) is 17.0 Å². The Hall–Kier alpha value is -1.80. The largest absolute Gasteiger partial charge is 0.383 e. The Morgan fingerprint density at radius 1 is 1.38 bits per heavy atom. The molecular weight excluding hydrogens is 292 g/mol. The van der Waals surface area contributed by atoms with Gasteiger partial charge in [-0.05, 0) is 12.8 Å². The topological polar surface area (TPSA) is 92.8 Å². The number of aromatic amines is 2. The number of fused-ring (bicyclic) bond motifs is 1. The third kappa shape index (κ3) is 2.44. The Morgan fingerprint density at radius 2 is 2.14 bits per heavy atom. The predicted octanol–water partition coefficient (Wildman–Crippen LogP) is 1.06. The normalized spacial score (nSPS) is 15.3. The van der Waals surface area contributed by atoms with Gasteiger partial charge in [0.25, 0.3) is 5.56 Å². The van der Waals surface area contributed by atoms with Gasteiger partial charge in [-0.3, -0.25) is 14.3 Å². The molecule has 2 aromatic heterocycles. The summed E-state index contributed by atoms with van der Waals surface area (Å²) < 4.78 is 6.69. The van der Waals surface area contributed by atoms with Crippen LogP contribution in [0.3, 0.4) is 0 Å². The van der Waals surface area contributed by atoms with E-state index in [9.17, 15) is 9.59 Å². The fourth-order valence-electron chi connectivity index (χ4n) is 2.49. The molecule has 3 rings (SSSR count). The molecule has 7 nitrogen and oxygen atoms in total. The van der Waals surface area contributed by atoms with Crippen LogP contribution >= 0.6 is 12.2 Å². The van der Waals surface area contributed by atoms with Gasteiger partial charge in [-0.1, -0.05) is 18.6 Å². The molecule has 112 valence electrons. The molecule has 1 aliphatic carbocycles. The van der Waals surface area contributed by atoms with E-state index >= 15 is 0 Å². The maximum absolute atomic E-state index is 12.0. The molecule has 0 radical (unpaired) electrons. The SMILES string of the molecule is COCCn1c(=O)[nH]c(=O)c2c(=S)nc(C3CCC3)[nH]c21. The van der Waals surface area contributed by atoms with Crippen LogP contribution in [0.2, 0.25) is 0 Å². The zero-order valence-electron chi connectivity index (χ0n) is 11.6. The Labute approximate surface area is 125 Å². The first kappa shape index (κ1) is 14.2. The molecule has 0 atom stereocenters. The summed E-state index contributed by atoms with van der Waals surface area (Å²) in [7, 11) is 1.56. The number of nitrogens with zero attached hydrogens (tertiary/aromatic N) is 2. The molecule has 2 aromatic rings. The predicted molar refractivity (Wildman–Crippen MR) is 80.3 cm³/mol. The molecule has 0 aromatic carbocycles. The van der Waals surface area contributed by atoms with Crippen molar-refractivity contribution in [3.05, 3.63) is 31.3 Å². The van der Waals surface area contributed by atoms with Gasteiger partial charge in [0.2, 0.25) is 0 Å². The maximum atomic E-state index is 12.0. The molecule has 1 fully saturated rings.